The average Bonchev–Trinajstić information content (AvgIpc) is 2.77. The second-order valence-corrected chi connectivity index (χ2v) is 5.58. The molecule has 2 rings (SSSR count). The van der Waals surface area contributed by atoms with Gasteiger partial charge in [0.15, 0.2) is 0 Å². The van der Waals surface area contributed by atoms with E-state index in [2.05, 4.69) is 10.3 Å². The molecule has 0 aliphatic heterocycles. The van der Waals surface area contributed by atoms with Crippen molar-refractivity contribution < 1.29 is 19.1 Å². The van der Waals surface area contributed by atoms with Gasteiger partial charge in [0, 0.05) is 0 Å². The standard InChI is InChI=1S/C14H13FN2O3S/c1-7-3-4-9(10(15)5-7)13(18)16-6-11-17-8(2)12(21-11)14(19)20/h3-5H,6H2,1-2H3,(H,16,18)(H,19,20). The molecule has 1 aromatic carbocycles. The van der Waals surface area contributed by atoms with Crippen molar-refractivity contribution in [2.45, 2.75) is 20.4 Å². The van der Waals surface area contributed by atoms with Gasteiger partial charge in [-0.15, -0.1) is 11.3 Å². The molecule has 0 aliphatic carbocycles. The number of aromatic nitrogens is 1. The van der Waals surface area contributed by atoms with Crippen molar-refractivity contribution in [2.24, 2.45) is 0 Å². The van der Waals surface area contributed by atoms with Crippen LogP contribution in [0.1, 0.15) is 36.3 Å². The lowest BCUT2D eigenvalue weighted by Crippen LogP contribution is -2.23. The molecule has 0 radical (unpaired) electrons. The smallest absolute Gasteiger partial charge is 0.347 e. The van der Waals surface area contributed by atoms with Crippen molar-refractivity contribution >= 4 is 23.2 Å². The molecule has 2 N–H and O–H groups in total. The van der Waals surface area contributed by atoms with Crippen molar-refractivity contribution in [1.82, 2.24) is 10.3 Å². The summed E-state index contributed by atoms with van der Waals surface area (Å²) >= 11 is 0.992. The lowest BCUT2D eigenvalue weighted by molar-refractivity contribution is 0.0701. The molecule has 2 aromatic rings. The number of carbonyl (C=O) groups is 2. The molecule has 0 atom stereocenters. The third-order valence-corrected chi connectivity index (χ3v) is 3.95. The van der Waals surface area contributed by atoms with Crippen LogP contribution >= 0.6 is 11.3 Å². The zero-order chi connectivity index (χ0) is 15.6. The van der Waals surface area contributed by atoms with E-state index in [-0.39, 0.29) is 17.0 Å². The Labute approximate surface area is 124 Å². The van der Waals surface area contributed by atoms with Crippen molar-refractivity contribution in [3.05, 3.63) is 50.7 Å². The molecule has 0 bridgehead atoms. The first-order valence-electron chi connectivity index (χ1n) is 6.12. The van der Waals surface area contributed by atoms with Crippen molar-refractivity contribution in [1.29, 1.82) is 0 Å². The van der Waals surface area contributed by atoms with Crippen LogP contribution in [0.5, 0.6) is 0 Å². The van der Waals surface area contributed by atoms with Crippen LogP contribution in [0.4, 0.5) is 4.39 Å². The summed E-state index contributed by atoms with van der Waals surface area (Å²) in [5.41, 5.74) is 1.08. The van der Waals surface area contributed by atoms with Crippen molar-refractivity contribution in [3.63, 3.8) is 0 Å². The van der Waals surface area contributed by atoms with Gasteiger partial charge in [0.05, 0.1) is 17.8 Å². The first-order chi connectivity index (χ1) is 9.88. The predicted octanol–water partition coefficient (Wildman–Crippen LogP) is 2.53. The number of hydrogen-bond acceptors (Lipinski definition) is 4. The van der Waals surface area contributed by atoms with Crippen LogP contribution in [-0.2, 0) is 6.54 Å². The Balaban J connectivity index is 2.07. The van der Waals surface area contributed by atoms with Crippen LogP contribution in [0.15, 0.2) is 18.2 Å². The molecule has 110 valence electrons. The highest BCUT2D eigenvalue weighted by molar-refractivity contribution is 7.13. The monoisotopic (exact) mass is 308 g/mol. The number of rotatable bonds is 4. The third kappa shape index (κ3) is 3.43. The number of aromatic carboxylic acids is 1. The van der Waals surface area contributed by atoms with Gasteiger partial charge in [-0.1, -0.05) is 6.07 Å². The Kier molecular flexibility index (Phi) is 4.32. The maximum atomic E-state index is 13.6. The summed E-state index contributed by atoms with van der Waals surface area (Å²) in [4.78, 5) is 27.0. The van der Waals surface area contributed by atoms with Crippen LogP contribution in [0.2, 0.25) is 0 Å². The topological polar surface area (TPSA) is 79.3 Å². The van der Waals surface area contributed by atoms with Crippen LogP contribution in [0.3, 0.4) is 0 Å². The largest absolute Gasteiger partial charge is 0.477 e. The number of thiazole rings is 1. The van der Waals surface area contributed by atoms with Gasteiger partial charge in [-0.25, -0.2) is 14.2 Å². The number of nitrogens with zero attached hydrogens (tertiary/aromatic N) is 1. The van der Waals surface area contributed by atoms with Crippen LogP contribution < -0.4 is 5.32 Å². The van der Waals surface area contributed by atoms with Gasteiger partial charge in [-0.2, -0.15) is 0 Å². The Morgan fingerprint density at radius 1 is 1.38 bits per heavy atom. The fourth-order valence-corrected chi connectivity index (χ4v) is 2.62. The number of carbonyl (C=O) groups excluding carboxylic acids is 1. The SMILES string of the molecule is Cc1ccc(C(=O)NCc2nc(C)c(C(=O)O)s2)c(F)c1. The second-order valence-electron chi connectivity index (χ2n) is 4.49. The third-order valence-electron chi connectivity index (χ3n) is 2.80. The Morgan fingerprint density at radius 2 is 2.10 bits per heavy atom. The molecule has 7 heteroatoms. The molecule has 0 spiro atoms. The molecule has 0 fully saturated rings. The Hall–Kier alpha value is -2.28. The van der Waals surface area contributed by atoms with E-state index in [0.29, 0.717) is 10.7 Å². The number of hydrogen-bond donors (Lipinski definition) is 2. The maximum absolute atomic E-state index is 13.6. The van der Waals surface area contributed by atoms with Gasteiger partial charge in [-0.3, -0.25) is 4.79 Å². The molecular weight excluding hydrogens is 295 g/mol. The van der Waals surface area contributed by atoms with E-state index in [0.717, 1.165) is 16.9 Å². The normalized spacial score (nSPS) is 10.4. The van der Waals surface area contributed by atoms with E-state index in [1.165, 1.54) is 12.1 Å². The van der Waals surface area contributed by atoms with Crippen LogP contribution in [0.25, 0.3) is 0 Å². The van der Waals surface area contributed by atoms with Gasteiger partial charge in [0.1, 0.15) is 15.7 Å². The maximum Gasteiger partial charge on any atom is 0.347 e. The molecule has 21 heavy (non-hydrogen) atoms. The number of nitrogens with one attached hydrogen (secondary N) is 1. The zero-order valence-electron chi connectivity index (χ0n) is 11.4. The molecule has 1 heterocycles. The first kappa shape index (κ1) is 15.1. The minimum atomic E-state index is -1.05. The van der Waals surface area contributed by atoms with E-state index >= 15 is 0 Å². The summed E-state index contributed by atoms with van der Waals surface area (Å²) in [6, 6.07) is 4.34. The average molecular weight is 308 g/mol. The van der Waals surface area contributed by atoms with E-state index in [4.69, 9.17) is 5.11 Å². The Bertz CT molecular complexity index is 712. The van der Waals surface area contributed by atoms with Crippen LogP contribution in [0, 0.1) is 19.7 Å². The van der Waals surface area contributed by atoms with Gasteiger partial charge in [0.25, 0.3) is 5.91 Å². The van der Waals surface area contributed by atoms with Crippen molar-refractivity contribution in [3.8, 4) is 0 Å². The van der Waals surface area contributed by atoms with Crippen LogP contribution in [-0.4, -0.2) is 22.0 Å². The number of benzene rings is 1. The number of amides is 1. The Morgan fingerprint density at radius 3 is 2.67 bits per heavy atom. The van der Waals surface area contributed by atoms with E-state index in [1.807, 2.05) is 0 Å². The summed E-state index contributed by atoms with van der Waals surface area (Å²) in [5.74, 6) is -2.20. The molecule has 0 aliphatic rings. The molecule has 5 nitrogen and oxygen atoms in total. The lowest BCUT2D eigenvalue weighted by Gasteiger charge is -2.05. The second kappa shape index (κ2) is 6.01. The fraction of sp³-hybridized carbons (Fsp3) is 0.214. The summed E-state index contributed by atoms with van der Waals surface area (Å²) in [5, 5.41) is 11.9. The number of carboxylic acids is 1. The molecule has 1 aromatic heterocycles. The highest BCUT2D eigenvalue weighted by atomic mass is 32.1. The summed E-state index contributed by atoms with van der Waals surface area (Å²) in [6.45, 7) is 3.38. The summed E-state index contributed by atoms with van der Waals surface area (Å²) in [6.07, 6.45) is 0. The van der Waals surface area contributed by atoms with Gasteiger partial charge < -0.3 is 10.4 Å². The minimum absolute atomic E-state index is 0.0488. The molecule has 0 unspecified atom stereocenters. The van der Waals surface area contributed by atoms with E-state index in [1.54, 1.807) is 19.9 Å². The molecule has 0 saturated heterocycles. The quantitative estimate of drug-likeness (QED) is 0.909. The molecule has 0 saturated carbocycles. The summed E-state index contributed by atoms with van der Waals surface area (Å²) in [7, 11) is 0. The zero-order valence-corrected chi connectivity index (χ0v) is 12.3. The number of carboxylic acid groups (broad SMARTS) is 1. The van der Waals surface area contributed by atoms with Crippen molar-refractivity contribution in [2.75, 3.05) is 0 Å². The predicted molar refractivity (Wildman–Crippen MR) is 76.1 cm³/mol. The van der Waals surface area contributed by atoms with Gasteiger partial charge >= 0.3 is 5.97 Å². The first-order valence-corrected chi connectivity index (χ1v) is 6.94. The molecular formula is C14H13FN2O3S. The lowest BCUT2D eigenvalue weighted by atomic mass is 10.1. The molecule has 1 amide bonds. The van der Waals surface area contributed by atoms with Gasteiger partial charge in [-0.05, 0) is 31.5 Å². The fourth-order valence-electron chi connectivity index (χ4n) is 1.78. The number of halogens is 1. The highest BCUT2D eigenvalue weighted by Crippen LogP contribution is 2.18. The number of aryl methyl sites for hydroxylation is 2. The summed E-state index contributed by atoms with van der Waals surface area (Å²) < 4.78 is 13.6. The van der Waals surface area contributed by atoms with E-state index < -0.39 is 17.7 Å². The van der Waals surface area contributed by atoms with Gasteiger partial charge in [0.2, 0.25) is 0 Å². The highest BCUT2D eigenvalue weighted by Gasteiger charge is 2.16. The van der Waals surface area contributed by atoms with E-state index in [9.17, 15) is 14.0 Å². The minimum Gasteiger partial charge on any atom is -0.477 e.